The number of imidazole rings is 1. The number of aromatic nitrogens is 4. The van der Waals surface area contributed by atoms with Crippen molar-refractivity contribution in [3.63, 3.8) is 0 Å². The van der Waals surface area contributed by atoms with Crippen molar-refractivity contribution in [3.8, 4) is 28.7 Å². The summed E-state index contributed by atoms with van der Waals surface area (Å²) in [4.78, 5) is 53.5. The zero-order valence-electron chi connectivity index (χ0n) is 49.3. The normalized spacial score (nSPS) is 16.0. The van der Waals surface area contributed by atoms with Gasteiger partial charge in [-0.1, -0.05) is 115 Å². The highest BCUT2D eigenvalue weighted by molar-refractivity contribution is 7.44. The Morgan fingerprint density at radius 1 is 0.744 bits per heavy atom. The van der Waals surface area contributed by atoms with Gasteiger partial charge in [0.2, 0.25) is 0 Å². The van der Waals surface area contributed by atoms with Crippen molar-refractivity contribution in [1.82, 2.24) is 24.2 Å². The fourth-order valence-corrected chi connectivity index (χ4v) is 13.3. The third-order valence-corrected chi connectivity index (χ3v) is 17.9. The highest BCUT2D eigenvalue weighted by Crippen LogP contribution is 2.51. The molecule has 17 nitrogen and oxygen atoms in total. The Morgan fingerprint density at radius 3 is 1.98 bits per heavy atom. The number of benzene rings is 6. The maximum Gasteiger partial charge on any atom is 0.305 e. The number of aryl methyl sites for hydroxylation is 1. The molecule has 444 valence electrons. The zero-order valence-corrected chi connectivity index (χ0v) is 50.2. The van der Waals surface area contributed by atoms with Crippen molar-refractivity contribution in [2.75, 3.05) is 39.4 Å². The number of carbonyl (C=O) groups excluding carboxylic acids is 3. The summed E-state index contributed by atoms with van der Waals surface area (Å²) >= 11 is 0. The average molecular weight is 1180 g/mol. The maximum absolute atomic E-state index is 13.9. The summed E-state index contributed by atoms with van der Waals surface area (Å²) in [5.74, 6) is 0.918. The number of methoxy groups -OCH3 is 2. The van der Waals surface area contributed by atoms with Gasteiger partial charge in [-0.3, -0.25) is 19.0 Å². The fourth-order valence-electron chi connectivity index (χ4n) is 11.5. The summed E-state index contributed by atoms with van der Waals surface area (Å²) in [5, 5.41) is 12.5. The lowest BCUT2D eigenvalue weighted by molar-refractivity contribution is -0.144. The number of anilines is 1. The third kappa shape index (κ3) is 13.7. The molecule has 1 amide bonds. The van der Waals surface area contributed by atoms with E-state index < -0.39 is 38.5 Å². The second-order valence-electron chi connectivity index (χ2n) is 21.9. The van der Waals surface area contributed by atoms with Crippen molar-refractivity contribution in [2.24, 2.45) is 0 Å². The van der Waals surface area contributed by atoms with Crippen LogP contribution in [0.25, 0.3) is 22.3 Å². The van der Waals surface area contributed by atoms with Crippen LogP contribution in [0.15, 0.2) is 164 Å². The van der Waals surface area contributed by atoms with E-state index in [0.717, 1.165) is 33.4 Å². The molecule has 6 aromatic carbocycles. The maximum atomic E-state index is 13.9. The van der Waals surface area contributed by atoms with Gasteiger partial charge in [0, 0.05) is 49.2 Å². The molecule has 3 heterocycles. The van der Waals surface area contributed by atoms with Crippen molar-refractivity contribution in [1.29, 1.82) is 5.26 Å². The molecule has 2 aliphatic rings. The number of amides is 1. The smallest absolute Gasteiger partial charge is 0.305 e. The number of fused-ring (bicyclic) bond motifs is 4. The van der Waals surface area contributed by atoms with E-state index in [0.29, 0.717) is 53.9 Å². The van der Waals surface area contributed by atoms with Crippen LogP contribution in [-0.4, -0.2) is 100 Å². The molecule has 1 unspecified atom stereocenters. The minimum Gasteiger partial charge on any atom is -0.497 e. The molecule has 1 aliphatic heterocycles. The number of carbonyl (C=O) groups is 3. The predicted octanol–water partition coefficient (Wildman–Crippen LogP) is 13.1. The van der Waals surface area contributed by atoms with E-state index >= 15 is 0 Å². The molecular formula is C68H72N7O10P. The van der Waals surface area contributed by atoms with Gasteiger partial charge in [-0.05, 0) is 121 Å². The SMILES string of the molecule is COc1ccc(C(OC[C@H]2O[C@@H](n3cnc4c(NC(=O)c5ccc(CCC(=O)CCCC(=O)OCC6c7ccccc7-c7ccccc76)cc5)ncnc43)C[C@@H]2OP(OCCC#N)N(C(C)C)C(C)C)(c2ccccc2)c2ccc(OC)cc2)cc1. The molecule has 86 heavy (non-hydrogen) atoms. The minimum atomic E-state index is -1.72. The highest BCUT2D eigenvalue weighted by atomic mass is 31.2. The largest absolute Gasteiger partial charge is 0.497 e. The lowest BCUT2D eigenvalue weighted by Gasteiger charge is -2.39. The van der Waals surface area contributed by atoms with Gasteiger partial charge < -0.3 is 38.0 Å². The molecule has 1 saturated heterocycles. The first-order valence-corrected chi connectivity index (χ1v) is 30.3. The van der Waals surface area contributed by atoms with Gasteiger partial charge in [-0.15, -0.1) is 0 Å². The highest BCUT2D eigenvalue weighted by Gasteiger charge is 2.45. The van der Waals surface area contributed by atoms with Crippen LogP contribution in [0.5, 0.6) is 11.5 Å². The second-order valence-corrected chi connectivity index (χ2v) is 23.3. The number of ether oxygens (including phenoxy) is 5. The number of esters is 1. The summed E-state index contributed by atoms with van der Waals surface area (Å²) < 4.78 is 49.0. The van der Waals surface area contributed by atoms with Crippen LogP contribution in [0.2, 0.25) is 0 Å². The number of hydrogen-bond acceptors (Lipinski definition) is 15. The van der Waals surface area contributed by atoms with Crippen LogP contribution in [0, 0.1) is 11.3 Å². The van der Waals surface area contributed by atoms with Crippen LogP contribution < -0.4 is 14.8 Å². The summed E-state index contributed by atoms with van der Waals surface area (Å²) in [6.45, 7) is 8.85. The van der Waals surface area contributed by atoms with E-state index in [1.54, 1.807) is 32.7 Å². The minimum absolute atomic E-state index is 0.0160. The van der Waals surface area contributed by atoms with Crippen LogP contribution in [0.4, 0.5) is 5.82 Å². The van der Waals surface area contributed by atoms with Crippen molar-refractivity contribution < 1.29 is 47.1 Å². The number of hydrogen-bond donors (Lipinski definition) is 1. The fraction of sp³-hybridized carbons (Fsp3) is 0.338. The molecule has 0 bridgehead atoms. The van der Waals surface area contributed by atoms with E-state index in [4.69, 9.17) is 37.7 Å². The van der Waals surface area contributed by atoms with E-state index in [2.05, 4.69) is 78.0 Å². The van der Waals surface area contributed by atoms with Crippen LogP contribution >= 0.6 is 8.53 Å². The Hall–Kier alpha value is -8.20. The van der Waals surface area contributed by atoms with E-state index in [1.807, 2.05) is 120 Å². The van der Waals surface area contributed by atoms with Crippen LogP contribution in [0.1, 0.15) is 122 Å². The summed E-state index contributed by atoms with van der Waals surface area (Å²) in [7, 11) is 1.55. The van der Waals surface area contributed by atoms with Gasteiger partial charge in [0.15, 0.2) is 17.0 Å². The molecule has 4 atom stereocenters. The number of Topliss-reactive ketones (excluding diaryl/α,β-unsaturated/α-hetero) is 1. The molecule has 0 saturated carbocycles. The molecular weight excluding hydrogens is 1110 g/mol. The van der Waals surface area contributed by atoms with Crippen LogP contribution in [-0.2, 0) is 44.9 Å². The Morgan fingerprint density at radius 2 is 1.36 bits per heavy atom. The van der Waals surface area contributed by atoms with Gasteiger partial charge in [0.1, 0.15) is 48.1 Å². The number of rotatable bonds is 28. The van der Waals surface area contributed by atoms with E-state index in [9.17, 15) is 19.6 Å². The topological polar surface area (TPSA) is 198 Å². The monoisotopic (exact) mass is 1180 g/mol. The van der Waals surface area contributed by atoms with Gasteiger partial charge in [0.05, 0.1) is 52.4 Å². The molecule has 10 rings (SSSR count). The van der Waals surface area contributed by atoms with Crippen molar-refractivity contribution >= 4 is 43.2 Å². The number of ketones is 1. The average Bonchev–Trinajstić information content (AvgIpc) is 2.60. The number of nitriles is 1. The summed E-state index contributed by atoms with van der Waals surface area (Å²) in [5.41, 5.74) is 8.12. The first-order chi connectivity index (χ1) is 41.9. The molecule has 2 aromatic heterocycles. The first-order valence-electron chi connectivity index (χ1n) is 29.2. The number of nitrogens with one attached hydrogen (secondary N) is 1. The second kappa shape index (κ2) is 28.3. The molecule has 1 N–H and O–H groups in total. The van der Waals surface area contributed by atoms with E-state index in [1.165, 1.54) is 17.5 Å². The Kier molecular flexibility index (Phi) is 20.1. The van der Waals surface area contributed by atoms with E-state index in [-0.39, 0.29) is 74.7 Å². The standard InChI is InChI=1S/C68H72N7O10P/c1-45(2)75(46(3)4)86(83-39-15-38-69)85-60-40-62(84-61(60)42-82-68(49-16-8-7-9-17-49,50-29-34-53(79-5)35-30-50)51-31-36-54(80-6)37-32-51)74-44-72-64-65(70-43-71-66(64)74)73-67(78)48-27-24-47(25-28-48)26-33-52(76)18-14-23-63(77)81-41-59-57-21-12-10-19-55(57)56-20-11-13-22-58(56)59/h7-13,16-17,19-22,24-25,27-32,34-37,43-46,59-62H,14-15,18,23,26,33,39-42H2,1-6H3,(H,70,71,73,78)/t60-,61+,62+,86?/m0/s1. The molecule has 18 heteroatoms. The molecule has 8 aromatic rings. The van der Waals surface area contributed by atoms with Gasteiger partial charge >= 0.3 is 5.97 Å². The van der Waals surface area contributed by atoms with Gasteiger partial charge in [-0.2, -0.15) is 5.26 Å². The molecule has 1 aliphatic carbocycles. The lowest BCUT2D eigenvalue weighted by atomic mass is 9.80. The number of nitrogens with zero attached hydrogens (tertiary/aromatic N) is 6. The Labute approximate surface area is 503 Å². The zero-order chi connectivity index (χ0) is 60.2. The van der Waals surface area contributed by atoms with Crippen molar-refractivity contribution in [2.45, 2.75) is 115 Å². The quantitative estimate of drug-likeness (QED) is 0.0210. The molecule has 0 radical (unpaired) electrons. The Bertz CT molecular complexity index is 3530. The van der Waals surface area contributed by atoms with Gasteiger partial charge in [0.25, 0.3) is 14.4 Å². The molecule has 0 spiro atoms. The Balaban J connectivity index is 0.818. The first kappa shape index (κ1) is 60.9. The van der Waals surface area contributed by atoms with Crippen LogP contribution in [0.3, 0.4) is 0 Å². The molecule has 1 fully saturated rings. The van der Waals surface area contributed by atoms with Crippen molar-refractivity contribution in [3.05, 3.63) is 203 Å². The lowest BCUT2D eigenvalue weighted by Crippen LogP contribution is -2.39. The predicted molar refractivity (Wildman–Crippen MR) is 328 cm³/mol. The summed E-state index contributed by atoms with van der Waals surface area (Å²) in [6, 6.07) is 51.5. The summed E-state index contributed by atoms with van der Waals surface area (Å²) in [6.07, 6.45) is 3.19. The third-order valence-electron chi connectivity index (χ3n) is 15.7. The van der Waals surface area contributed by atoms with Gasteiger partial charge in [-0.25, -0.2) is 19.6 Å².